The van der Waals surface area contributed by atoms with Crippen LogP contribution in [-0.4, -0.2) is 20.6 Å². The molecular formula is C19H28O5S. The highest BCUT2D eigenvalue weighted by Crippen LogP contribution is 2.29. The normalized spacial score (nSPS) is 21.6. The molecule has 0 heterocycles. The van der Waals surface area contributed by atoms with Gasteiger partial charge in [0.15, 0.2) is 0 Å². The van der Waals surface area contributed by atoms with E-state index in [4.69, 9.17) is 13.1 Å². The van der Waals surface area contributed by atoms with Crippen molar-refractivity contribution in [1.82, 2.24) is 0 Å². The second-order valence-electron chi connectivity index (χ2n) is 7.54. The molecule has 6 heteroatoms. The quantitative estimate of drug-likeness (QED) is 0.693. The maximum absolute atomic E-state index is 11.9. The van der Waals surface area contributed by atoms with Crippen LogP contribution in [0.15, 0.2) is 36.6 Å². The van der Waals surface area contributed by atoms with Crippen molar-refractivity contribution in [2.24, 2.45) is 0 Å². The molecule has 140 valence electrons. The minimum Gasteiger partial charge on any atom is -0.488 e. The maximum atomic E-state index is 11.9. The van der Waals surface area contributed by atoms with Crippen molar-refractivity contribution in [3.05, 3.63) is 42.2 Å². The van der Waals surface area contributed by atoms with E-state index >= 15 is 0 Å². The first-order valence-corrected chi connectivity index (χ1v) is 9.95. The Morgan fingerprint density at radius 3 is 2.16 bits per heavy atom. The fourth-order valence-electron chi connectivity index (χ4n) is 2.86. The van der Waals surface area contributed by atoms with Gasteiger partial charge in [-0.15, -0.1) is 0 Å². The summed E-state index contributed by atoms with van der Waals surface area (Å²) >= 11 is 0. The zero-order valence-electron chi connectivity index (χ0n) is 15.4. The van der Waals surface area contributed by atoms with Gasteiger partial charge >= 0.3 is 10.4 Å². The number of benzene rings is 1. The lowest BCUT2D eigenvalue weighted by Crippen LogP contribution is -2.38. The molecule has 25 heavy (non-hydrogen) atoms. The number of allylic oxidation sites excluding steroid dienone is 1. The van der Waals surface area contributed by atoms with Crippen molar-refractivity contribution >= 4 is 10.4 Å². The molecule has 0 bridgehead atoms. The lowest BCUT2D eigenvalue weighted by Gasteiger charge is -2.31. The molecule has 2 atom stereocenters. The third kappa shape index (κ3) is 6.04. The number of rotatable bonds is 6. The Kier molecular flexibility index (Phi) is 6.16. The van der Waals surface area contributed by atoms with Crippen LogP contribution in [0.2, 0.25) is 0 Å². The van der Waals surface area contributed by atoms with E-state index in [0.717, 1.165) is 19.3 Å². The molecule has 1 saturated carbocycles. The Morgan fingerprint density at radius 1 is 1.08 bits per heavy atom. The summed E-state index contributed by atoms with van der Waals surface area (Å²) in [5, 5.41) is 0. The molecule has 5 nitrogen and oxygen atoms in total. The van der Waals surface area contributed by atoms with Crippen LogP contribution in [-0.2, 0) is 24.2 Å². The van der Waals surface area contributed by atoms with E-state index in [2.05, 4.69) is 27.4 Å². The van der Waals surface area contributed by atoms with Crippen LogP contribution in [0.1, 0.15) is 58.9 Å². The summed E-state index contributed by atoms with van der Waals surface area (Å²) in [6.07, 6.45) is 2.36. The van der Waals surface area contributed by atoms with E-state index in [-0.39, 0.29) is 17.3 Å². The van der Waals surface area contributed by atoms with Gasteiger partial charge in [0.05, 0.1) is 0 Å². The van der Waals surface area contributed by atoms with Gasteiger partial charge < -0.3 is 8.92 Å². The predicted octanol–water partition coefficient (Wildman–Crippen LogP) is 4.49. The minimum absolute atomic E-state index is 0.0724. The minimum atomic E-state index is -4.11. The van der Waals surface area contributed by atoms with Gasteiger partial charge in [0.2, 0.25) is 0 Å². The van der Waals surface area contributed by atoms with Crippen LogP contribution in [0.25, 0.3) is 0 Å². The zero-order chi connectivity index (χ0) is 18.7. The van der Waals surface area contributed by atoms with Crippen LogP contribution >= 0.6 is 0 Å². The Balaban J connectivity index is 2.07. The van der Waals surface area contributed by atoms with E-state index in [9.17, 15) is 8.42 Å². The summed E-state index contributed by atoms with van der Waals surface area (Å²) in [5.74, 6) is 0.790. The van der Waals surface area contributed by atoms with Crippen LogP contribution in [0, 0.1) is 0 Å². The third-order valence-electron chi connectivity index (χ3n) is 4.14. The van der Waals surface area contributed by atoms with Crippen molar-refractivity contribution in [3.63, 3.8) is 0 Å². The van der Waals surface area contributed by atoms with Crippen LogP contribution in [0.4, 0.5) is 0 Å². The van der Waals surface area contributed by atoms with Gasteiger partial charge in [0.25, 0.3) is 0 Å². The number of ether oxygens (including phenoxy) is 1. The van der Waals surface area contributed by atoms with Crippen LogP contribution in [0.3, 0.4) is 0 Å². The van der Waals surface area contributed by atoms with E-state index < -0.39 is 16.5 Å². The second-order valence-corrected chi connectivity index (χ2v) is 8.72. The first-order chi connectivity index (χ1) is 11.6. The molecule has 0 N–H and O–H groups in total. The lowest BCUT2D eigenvalue weighted by molar-refractivity contribution is 0.0190. The topological polar surface area (TPSA) is 61.8 Å². The van der Waals surface area contributed by atoms with Crippen molar-refractivity contribution in [2.45, 2.75) is 71.0 Å². The molecule has 0 radical (unpaired) electrons. The molecule has 0 saturated heterocycles. The molecule has 1 aliphatic rings. The average Bonchev–Trinajstić information content (AvgIpc) is 2.47. The van der Waals surface area contributed by atoms with Crippen molar-refractivity contribution in [2.75, 3.05) is 0 Å². The SMILES string of the molecule is C=C(C)OS(=O)(=O)OC1CCCCC1Oc1ccc(C(C)(C)C)cc1. The third-order valence-corrected chi connectivity index (χ3v) is 5.11. The van der Waals surface area contributed by atoms with Gasteiger partial charge in [-0.25, -0.2) is 4.18 Å². The first kappa shape index (κ1) is 19.8. The monoisotopic (exact) mass is 368 g/mol. The summed E-state index contributed by atoms with van der Waals surface area (Å²) in [6.45, 7) is 11.4. The molecule has 1 aromatic carbocycles. The Bertz CT molecular complexity index is 686. The fourth-order valence-corrected chi connectivity index (χ4v) is 3.77. The van der Waals surface area contributed by atoms with Crippen molar-refractivity contribution in [3.8, 4) is 5.75 Å². The smallest absolute Gasteiger partial charge is 0.449 e. The highest BCUT2D eigenvalue weighted by Gasteiger charge is 2.33. The molecule has 0 spiro atoms. The Labute approximate surface area is 151 Å². The van der Waals surface area contributed by atoms with E-state index in [1.807, 2.05) is 24.3 Å². The second kappa shape index (κ2) is 7.79. The lowest BCUT2D eigenvalue weighted by atomic mass is 9.87. The molecule has 2 unspecified atom stereocenters. The van der Waals surface area contributed by atoms with Gasteiger partial charge in [-0.3, -0.25) is 0 Å². The van der Waals surface area contributed by atoms with Gasteiger partial charge in [-0.1, -0.05) is 45.9 Å². The molecule has 1 aliphatic carbocycles. The molecule has 0 amide bonds. The molecule has 2 rings (SSSR count). The summed E-state index contributed by atoms with van der Waals surface area (Å²) in [4.78, 5) is 0. The van der Waals surface area contributed by atoms with Gasteiger partial charge in [0.1, 0.15) is 23.7 Å². The van der Waals surface area contributed by atoms with Gasteiger partial charge in [-0.2, -0.15) is 8.42 Å². The summed E-state index contributed by atoms with van der Waals surface area (Å²) in [6, 6.07) is 7.92. The molecule has 0 aromatic heterocycles. The maximum Gasteiger partial charge on any atom is 0.449 e. The predicted molar refractivity (Wildman–Crippen MR) is 97.7 cm³/mol. The Morgan fingerprint density at radius 2 is 1.64 bits per heavy atom. The Hall–Kier alpha value is -1.53. The summed E-state index contributed by atoms with van der Waals surface area (Å²) in [5.41, 5.74) is 1.29. The van der Waals surface area contributed by atoms with E-state index in [1.165, 1.54) is 12.5 Å². The van der Waals surface area contributed by atoms with Crippen LogP contribution in [0.5, 0.6) is 5.75 Å². The standard InChI is InChI=1S/C19H28O5S/c1-14(2)23-25(20,21)24-18-9-7-6-8-17(18)22-16-12-10-15(11-13-16)19(3,4)5/h10-13,17-18H,1,6-9H2,2-5H3. The molecular weight excluding hydrogens is 340 g/mol. The first-order valence-electron chi connectivity index (χ1n) is 8.62. The number of hydrogen-bond acceptors (Lipinski definition) is 5. The molecule has 0 aliphatic heterocycles. The number of hydrogen-bond donors (Lipinski definition) is 0. The summed E-state index contributed by atoms with van der Waals surface area (Å²) in [7, 11) is -4.11. The van der Waals surface area contributed by atoms with E-state index in [1.54, 1.807) is 0 Å². The van der Waals surface area contributed by atoms with Crippen molar-refractivity contribution in [1.29, 1.82) is 0 Å². The van der Waals surface area contributed by atoms with Gasteiger partial charge in [-0.05, 0) is 49.3 Å². The van der Waals surface area contributed by atoms with Gasteiger partial charge in [0, 0.05) is 0 Å². The fraction of sp³-hybridized carbons (Fsp3) is 0.579. The summed E-state index contributed by atoms with van der Waals surface area (Å²) < 4.78 is 39.7. The zero-order valence-corrected chi connectivity index (χ0v) is 16.3. The molecule has 1 fully saturated rings. The van der Waals surface area contributed by atoms with Crippen LogP contribution < -0.4 is 4.74 Å². The highest BCUT2D eigenvalue weighted by molar-refractivity contribution is 7.82. The van der Waals surface area contributed by atoms with Crippen molar-refractivity contribution < 1.29 is 21.5 Å². The average molecular weight is 368 g/mol. The highest BCUT2D eigenvalue weighted by atomic mass is 32.3. The van der Waals surface area contributed by atoms with E-state index in [0.29, 0.717) is 12.2 Å². The molecule has 1 aromatic rings. The largest absolute Gasteiger partial charge is 0.488 e.